The van der Waals surface area contributed by atoms with E-state index in [1.54, 1.807) is 0 Å². The second-order valence-corrected chi connectivity index (χ2v) is 17.4. The van der Waals surface area contributed by atoms with Gasteiger partial charge in [0.2, 0.25) is 0 Å². The lowest BCUT2D eigenvalue weighted by molar-refractivity contribution is -0.332. The molecule has 11 atom stereocenters. The minimum atomic E-state index is -1.79. The average Bonchev–Trinajstić information content (AvgIpc) is 3.35. The van der Waals surface area contributed by atoms with Crippen molar-refractivity contribution in [1.29, 1.82) is 0 Å². The molecule has 396 valence electrons. The smallest absolute Gasteiger partial charge is 0.306 e. The van der Waals surface area contributed by atoms with Crippen LogP contribution in [0.5, 0.6) is 0 Å². The third-order valence-electron chi connectivity index (χ3n) is 11.4. The number of rotatable bonds is 37. The highest BCUT2D eigenvalue weighted by atomic mass is 16.7. The van der Waals surface area contributed by atoms with Gasteiger partial charge in [-0.25, -0.2) is 0 Å². The number of carbonyl (C=O) groups excluding carboxylic acids is 2. The topological polar surface area (TPSA) is 231 Å². The van der Waals surface area contributed by atoms with Crippen molar-refractivity contribution >= 4 is 11.9 Å². The first-order valence-corrected chi connectivity index (χ1v) is 25.5. The molecule has 0 aromatic carbocycles. The van der Waals surface area contributed by atoms with Crippen LogP contribution < -0.4 is 0 Å². The third-order valence-corrected chi connectivity index (χ3v) is 11.4. The second kappa shape index (κ2) is 40.7. The molecule has 2 heterocycles. The van der Waals surface area contributed by atoms with Crippen LogP contribution in [0.25, 0.3) is 0 Å². The molecule has 0 amide bonds. The van der Waals surface area contributed by atoms with Gasteiger partial charge in [0.15, 0.2) is 18.7 Å². The first-order valence-electron chi connectivity index (χ1n) is 25.5. The lowest BCUT2D eigenvalue weighted by Gasteiger charge is -2.42. The van der Waals surface area contributed by atoms with E-state index in [2.05, 4.69) is 68.5 Å². The van der Waals surface area contributed by atoms with Crippen molar-refractivity contribution in [2.45, 2.75) is 197 Å². The minimum Gasteiger partial charge on any atom is -0.462 e. The maximum Gasteiger partial charge on any atom is 0.306 e. The summed E-state index contributed by atoms with van der Waals surface area (Å²) < 4.78 is 33.4. The summed E-state index contributed by atoms with van der Waals surface area (Å²) in [6, 6.07) is 0. The van der Waals surface area contributed by atoms with Gasteiger partial charge in [-0.15, -0.1) is 0 Å². The van der Waals surface area contributed by atoms with E-state index in [-0.39, 0.29) is 19.4 Å². The predicted octanol–water partition coefficient (Wildman–Crippen LogP) is 7.15. The molecule has 0 spiro atoms. The molecule has 15 heteroatoms. The Labute approximate surface area is 417 Å². The fourth-order valence-corrected chi connectivity index (χ4v) is 7.17. The van der Waals surface area contributed by atoms with Crippen molar-refractivity contribution < 1.29 is 73.8 Å². The second-order valence-electron chi connectivity index (χ2n) is 17.4. The van der Waals surface area contributed by atoms with E-state index in [9.17, 15) is 45.3 Å². The summed E-state index contributed by atoms with van der Waals surface area (Å²) >= 11 is 0. The SMILES string of the molecule is CC/C=C/C=C/C=C/C=C/C=C/CCCC(=O)OC(COC(=O)CCCCCCC/C=C/C/C=C/C/C=C/C/C=C/CCCCC)CO[C@@H]1O[C@H](CO[C@@H]2O[C@H](CO)[C@H](O)C(O)C2O)[C@H](O)C(O)C1O. The Bertz CT molecular complexity index is 1630. The Balaban J connectivity index is 1.83. The monoisotopic (exact) mass is 987 g/mol. The van der Waals surface area contributed by atoms with E-state index in [1.165, 1.54) is 25.7 Å². The average molecular weight is 987 g/mol. The first-order chi connectivity index (χ1) is 34.0. The molecule has 0 bridgehead atoms. The molecule has 0 aromatic heterocycles. The Kier molecular flexibility index (Phi) is 36.2. The van der Waals surface area contributed by atoms with Gasteiger partial charge in [-0.2, -0.15) is 0 Å². The van der Waals surface area contributed by atoms with Crippen LogP contribution in [-0.2, 0) is 38.0 Å². The molecule has 2 rings (SSSR count). The van der Waals surface area contributed by atoms with Crippen molar-refractivity contribution in [3.63, 3.8) is 0 Å². The molecule has 15 nitrogen and oxygen atoms in total. The van der Waals surface area contributed by atoms with Crippen LogP contribution >= 0.6 is 0 Å². The highest BCUT2D eigenvalue weighted by Crippen LogP contribution is 2.26. The number of hydrogen-bond donors (Lipinski definition) is 7. The summed E-state index contributed by atoms with van der Waals surface area (Å²) in [7, 11) is 0. The Hall–Kier alpha value is -3.84. The maximum atomic E-state index is 12.9. The van der Waals surface area contributed by atoms with Crippen molar-refractivity contribution in [3.05, 3.63) is 109 Å². The van der Waals surface area contributed by atoms with Gasteiger partial charge in [0.25, 0.3) is 0 Å². The van der Waals surface area contributed by atoms with Crippen molar-refractivity contribution in [2.24, 2.45) is 0 Å². The quantitative estimate of drug-likeness (QED) is 0.0142. The van der Waals surface area contributed by atoms with Gasteiger partial charge >= 0.3 is 11.9 Å². The molecule has 7 N–H and O–H groups in total. The molecule has 5 unspecified atom stereocenters. The molecule has 0 aliphatic carbocycles. The number of aliphatic hydroxyl groups excluding tert-OH is 7. The number of aliphatic hydroxyl groups is 7. The van der Waals surface area contributed by atoms with E-state index >= 15 is 0 Å². The molecule has 2 saturated heterocycles. The fraction of sp³-hybridized carbons (Fsp3) is 0.636. The molecule has 2 aliphatic heterocycles. The number of esters is 2. The summed E-state index contributed by atoms with van der Waals surface area (Å²) in [4.78, 5) is 25.7. The van der Waals surface area contributed by atoms with Crippen LogP contribution in [0.3, 0.4) is 0 Å². The van der Waals surface area contributed by atoms with Gasteiger partial charge in [0.1, 0.15) is 55.4 Å². The number of allylic oxidation sites excluding steroid dienone is 18. The molecule has 0 saturated carbocycles. The van der Waals surface area contributed by atoms with Gasteiger partial charge in [0.05, 0.1) is 19.8 Å². The molecular formula is C55H86O15. The largest absolute Gasteiger partial charge is 0.462 e. The summed E-state index contributed by atoms with van der Waals surface area (Å²) in [6.45, 7) is 2.28. The van der Waals surface area contributed by atoms with Crippen LogP contribution in [-0.4, -0.2) is 142 Å². The van der Waals surface area contributed by atoms with Crippen molar-refractivity contribution in [3.8, 4) is 0 Å². The van der Waals surface area contributed by atoms with Crippen LogP contribution in [0, 0.1) is 0 Å². The molecule has 2 fully saturated rings. The zero-order chi connectivity index (χ0) is 51.0. The Morgan fingerprint density at radius 3 is 1.57 bits per heavy atom. The third kappa shape index (κ3) is 28.3. The van der Waals surface area contributed by atoms with E-state index in [0.717, 1.165) is 57.8 Å². The van der Waals surface area contributed by atoms with Crippen LogP contribution in [0.4, 0.5) is 0 Å². The van der Waals surface area contributed by atoms with Crippen LogP contribution in [0.2, 0.25) is 0 Å². The van der Waals surface area contributed by atoms with Gasteiger partial charge in [-0.05, 0) is 70.6 Å². The van der Waals surface area contributed by atoms with E-state index in [1.807, 2.05) is 54.7 Å². The van der Waals surface area contributed by atoms with Gasteiger partial charge in [0, 0.05) is 12.8 Å². The lowest BCUT2D eigenvalue weighted by atomic mass is 9.98. The molecule has 2 aliphatic rings. The first kappa shape index (κ1) is 62.3. The van der Waals surface area contributed by atoms with Crippen molar-refractivity contribution in [1.82, 2.24) is 0 Å². The number of carbonyl (C=O) groups is 2. The zero-order valence-electron chi connectivity index (χ0n) is 41.7. The zero-order valence-corrected chi connectivity index (χ0v) is 41.7. The van der Waals surface area contributed by atoms with Gasteiger partial charge in [-0.1, -0.05) is 155 Å². The summed E-state index contributed by atoms with van der Waals surface area (Å²) in [5, 5.41) is 72.0. The maximum absolute atomic E-state index is 12.9. The lowest BCUT2D eigenvalue weighted by Crippen LogP contribution is -2.61. The molecule has 0 radical (unpaired) electrons. The highest BCUT2D eigenvalue weighted by Gasteiger charge is 2.47. The normalized spacial score (nSPS) is 26.3. The van der Waals surface area contributed by atoms with Gasteiger partial charge in [-0.3, -0.25) is 9.59 Å². The summed E-state index contributed by atoms with van der Waals surface area (Å²) in [5.41, 5.74) is 0. The number of ether oxygens (including phenoxy) is 6. The molecule has 0 aromatic rings. The number of unbranched alkanes of at least 4 members (excludes halogenated alkanes) is 9. The number of hydrogen-bond acceptors (Lipinski definition) is 15. The van der Waals surface area contributed by atoms with E-state index < -0.39 is 99.3 Å². The molecular weight excluding hydrogens is 901 g/mol. The fourth-order valence-electron chi connectivity index (χ4n) is 7.17. The van der Waals surface area contributed by atoms with Gasteiger partial charge < -0.3 is 64.2 Å². The van der Waals surface area contributed by atoms with Crippen LogP contribution in [0.1, 0.15) is 129 Å². The Morgan fingerprint density at radius 2 is 0.971 bits per heavy atom. The highest BCUT2D eigenvalue weighted by molar-refractivity contribution is 5.70. The van der Waals surface area contributed by atoms with E-state index in [0.29, 0.717) is 19.3 Å². The summed E-state index contributed by atoms with van der Waals surface area (Å²) in [5.74, 6) is -1.05. The predicted molar refractivity (Wildman–Crippen MR) is 270 cm³/mol. The van der Waals surface area contributed by atoms with E-state index in [4.69, 9.17) is 28.4 Å². The minimum absolute atomic E-state index is 0.0573. The van der Waals surface area contributed by atoms with Crippen LogP contribution in [0.15, 0.2) is 109 Å². The summed E-state index contributed by atoms with van der Waals surface area (Å²) in [6.07, 6.45) is 35.6. The molecule has 70 heavy (non-hydrogen) atoms. The standard InChI is InChI=1S/C55H86O15/c1-3-5-7-9-11-13-15-17-18-19-20-21-22-23-24-26-27-29-31-33-35-37-46(57)65-40-43(68-47(58)38-36-34-32-30-28-25-16-14-12-10-8-6-4-2)41-66-54-53(64)51(62)49(60)45(70-54)42-67-55-52(63)50(61)48(59)44(39-56)69-55/h6,8,10-14,16-18,20-21,23-25,28,30,32,43-45,48-56,59-64H,3-5,7,9,15,19,22,26-27,29,31,33-42H2,1-2H3/b8-6+,12-10+,13-11+,16-14+,18-17+,21-20+,24-23+,28-25+,32-30+/t43?,44-,45-,48+,49+,50?,51?,52?,53?,54-,55-/m1/s1. The Morgan fingerprint density at radius 1 is 0.486 bits per heavy atom. The van der Waals surface area contributed by atoms with Crippen molar-refractivity contribution in [2.75, 3.05) is 26.4 Å².